The van der Waals surface area contributed by atoms with Crippen LogP contribution in [0.3, 0.4) is 0 Å². The zero-order valence-electron chi connectivity index (χ0n) is 12.0. The Hall–Kier alpha value is -1.49. The minimum absolute atomic E-state index is 0.247. The van der Waals surface area contributed by atoms with Crippen LogP contribution in [0.1, 0.15) is 38.2 Å². The lowest BCUT2D eigenvalue weighted by Crippen LogP contribution is -2.12. The van der Waals surface area contributed by atoms with Crippen LogP contribution in [0.5, 0.6) is 11.5 Å². The molecule has 1 aliphatic carbocycles. The fraction of sp³-hybridized carbons (Fsp3) is 0.438. The summed E-state index contributed by atoms with van der Waals surface area (Å²) in [6.45, 7) is 2.44. The normalized spacial score (nSPS) is 15.5. The van der Waals surface area contributed by atoms with Gasteiger partial charge in [0.25, 0.3) is 0 Å². The van der Waals surface area contributed by atoms with E-state index in [1.54, 1.807) is 6.07 Å². The molecule has 1 N–H and O–H groups in total. The Bertz CT molecular complexity index is 533. The predicted octanol–water partition coefficient (Wildman–Crippen LogP) is 4.27. The first kappa shape index (κ1) is 15.9. The van der Waals surface area contributed by atoms with E-state index in [1.807, 2.05) is 13.0 Å². The number of rotatable bonds is 6. The molecule has 0 aromatic heterocycles. The van der Waals surface area contributed by atoms with Gasteiger partial charge in [-0.3, -0.25) is 0 Å². The molecular formula is C16H19BrO4. The fourth-order valence-electron chi connectivity index (χ4n) is 2.39. The zero-order chi connectivity index (χ0) is 15.2. The van der Waals surface area contributed by atoms with Crippen LogP contribution in [0, 0.1) is 0 Å². The molecule has 0 bridgehead atoms. The summed E-state index contributed by atoms with van der Waals surface area (Å²) in [5.74, 6) is 0.381. The molecule has 0 amide bonds. The predicted molar refractivity (Wildman–Crippen MR) is 84.9 cm³/mol. The quantitative estimate of drug-likeness (QED) is 0.775. The van der Waals surface area contributed by atoms with Crippen molar-refractivity contribution in [1.82, 2.24) is 0 Å². The van der Waals surface area contributed by atoms with Crippen molar-refractivity contribution in [3.05, 3.63) is 28.2 Å². The van der Waals surface area contributed by atoms with Crippen molar-refractivity contribution in [2.24, 2.45) is 0 Å². The first-order valence-electron chi connectivity index (χ1n) is 7.14. The highest BCUT2D eigenvalue weighted by molar-refractivity contribution is 9.10. The van der Waals surface area contributed by atoms with Crippen LogP contribution in [0.2, 0.25) is 0 Å². The molecule has 0 aliphatic heterocycles. The lowest BCUT2D eigenvalue weighted by molar-refractivity contribution is -0.131. The summed E-state index contributed by atoms with van der Waals surface area (Å²) in [7, 11) is 0. The van der Waals surface area contributed by atoms with Crippen molar-refractivity contribution in [2.75, 3.05) is 6.61 Å². The Balaban J connectivity index is 2.26. The van der Waals surface area contributed by atoms with Gasteiger partial charge >= 0.3 is 5.97 Å². The van der Waals surface area contributed by atoms with E-state index in [1.165, 1.54) is 18.9 Å². The molecule has 0 heterocycles. The number of ether oxygens (including phenoxy) is 2. The molecule has 2 rings (SSSR count). The van der Waals surface area contributed by atoms with Crippen molar-refractivity contribution >= 4 is 28.0 Å². The van der Waals surface area contributed by atoms with Crippen LogP contribution < -0.4 is 9.47 Å². The van der Waals surface area contributed by atoms with Gasteiger partial charge in [-0.05, 0) is 56.4 Å². The topological polar surface area (TPSA) is 55.8 Å². The van der Waals surface area contributed by atoms with Crippen molar-refractivity contribution in [2.45, 2.75) is 38.7 Å². The molecular weight excluding hydrogens is 336 g/mol. The van der Waals surface area contributed by atoms with Crippen LogP contribution in [-0.4, -0.2) is 23.8 Å². The molecule has 0 unspecified atom stereocenters. The number of benzene rings is 1. The Labute approximate surface area is 132 Å². The van der Waals surface area contributed by atoms with Crippen molar-refractivity contribution < 1.29 is 19.4 Å². The highest BCUT2D eigenvalue weighted by atomic mass is 79.9. The van der Waals surface area contributed by atoms with E-state index in [2.05, 4.69) is 15.9 Å². The number of carboxylic acid groups (broad SMARTS) is 1. The van der Waals surface area contributed by atoms with Crippen LogP contribution in [0.25, 0.3) is 6.08 Å². The number of aliphatic carboxylic acids is 1. The van der Waals surface area contributed by atoms with E-state index in [4.69, 9.17) is 14.6 Å². The second kappa shape index (κ2) is 7.50. The van der Waals surface area contributed by atoms with E-state index in [0.29, 0.717) is 18.1 Å². The van der Waals surface area contributed by atoms with Gasteiger partial charge in [0.1, 0.15) is 0 Å². The largest absolute Gasteiger partial charge is 0.490 e. The van der Waals surface area contributed by atoms with E-state index in [-0.39, 0.29) is 6.10 Å². The van der Waals surface area contributed by atoms with Crippen LogP contribution in [0.15, 0.2) is 22.7 Å². The van der Waals surface area contributed by atoms with Crippen LogP contribution in [0.4, 0.5) is 0 Å². The average molecular weight is 355 g/mol. The maximum absolute atomic E-state index is 10.6. The van der Waals surface area contributed by atoms with Gasteiger partial charge < -0.3 is 14.6 Å². The van der Waals surface area contributed by atoms with Crippen LogP contribution >= 0.6 is 15.9 Å². The summed E-state index contributed by atoms with van der Waals surface area (Å²) in [5.41, 5.74) is 0.750. The average Bonchev–Trinajstić information content (AvgIpc) is 2.93. The van der Waals surface area contributed by atoms with Gasteiger partial charge in [0.05, 0.1) is 12.7 Å². The minimum atomic E-state index is -0.980. The number of hydrogen-bond acceptors (Lipinski definition) is 3. The van der Waals surface area contributed by atoms with E-state index in [0.717, 1.165) is 29.0 Å². The number of halogens is 1. The van der Waals surface area contributed by atoms with Gasteiger partial charge in [0, 0.05) is 10.5 Å². The molecule has 1 saturated carbocycles. The fourth-order valence-corrected chi connectivity index (χ4v) is 2.84. The Morgan fingerprint density at radius 2 is 2.10 bits per heavy atom. The van der Waals surface area contributed by atoms with Gasteiger partial charge in [-0.2, -0.15) is 0 Å². The Kier molecular flexibility index (Phi) is 5.67. The SMILES string of the molecule is CCOc1cc(/C=C/C(=O)O)c(Br)cc1OC1CCCC1. The van der Waals surface area contributed by atoms with Crippen molar-refractivity contribution in [3.8, 4) is 11.5 Å². The Morgan fingerprint density at radius 1 is 1.38 bits per heavy atom. The molecule has 5 heteroatoms. The number of carbonyl (C=O) groups is 1. The molecule has 0 saturated heterocycles. The molecule has 21 heavy (non-hydrogen) atoms. The smallest absolute Gasteiger partial charge is 0.328 e. The first-order chi connectivity index (χ1) is 10.1. The highest BCUT2D eigenvalue weighted by Crippen LogP contribution is 2.36. The third-order valence-corrected chi connectivity index (χ3v) is 4.05. The number of hydrogen-bond donors (Lipinski definition) is 1. The molecule has 114 valence electrons. The van der Waals surface area contributed by atoms with Crippen molar-refractivity contribution in [1.29, 1.82) is 0 Å². The molecule has 1 aliphatic rings. The van der Waals surface area contributed by atoms with E-state index < -0.39 is 5.97 Å². The standard InChI is InChI=1S/C16H19BrO4/c1-2-20-14-9-11(7-8-16(18)19)13(17)10-15(14)21-12-5-3-4-6-12/h7-10,12H,2-6H2,1H3,(H,18,19)/b8-7+. The number of carboxylic acids is 1. The monoisotopic (exact) mass is 354 g/mol. The lowest BCUT2D eigenvalue weighted by atomic mass is 10.2. The molecule has 0 radical (unpaired) electrons. The van der Waals surface area contributed by atoms with E-state index in [9.17, 15) is 4.79 Å². The molecule has 1 aromatic rings. The Morgan fingerprint density at radius 3 is 2.71 bits per heavy atom. The lowest BCUT2D eigenvalue weighted by Gasteiger charge is -2.17. The van der Waals surface area contributed by atoms with Gasteiger partial charge in [-0.15, -0.1) is 0 Å². The maximum atomic E-state index is 10.6. The van der Waals surface area contributed by atoms with Gasteiger partial charge in [-0.25, -0.2) is 4.79 Å². The molecule has 0 spiro atoms. The second-order valence-corrected chi connectivity index (χ2v) is 5.80. The summed E-state index contributed by atoms with van der Waals surface area (Å²) in [6, 6.07) is 3.65. The summed E-state index contributed by atoms with van der Waals surface area (Å²) < 4.78 is 12.4. The summed E-state index contributed by atoms with van der Waals surface area (Å²) >= 11 is 3.45. The maximum Gasteiger partial charge on any atom is 0.328 e. The molecule has 1 aromatic carbocycles. The second-order valence-electron chi connectivity index (χ2n) is 4.95. The summed E-state index contributed by atoms with van der Waals surface area (Å²) in [4.78, 5) is 10.6. The van der Waals surface area contributed by atoms with Crippen LogP contribution in [-0.2, 0) is 4.79 Å². The summed E-state index contributed by atoms with van der Waals surface area (Å²) in [6.07, 6.45) is 7.44. The van der Waals surface area contributed by atoms with Gasteiger partial charge in [0.2, 0.25) is 0 Å². The third kappa shape index (κ3) is 4.49. The van der Waals surface area contributed by atoms with E-state index >= 15 is 0 Å². The minimum Gasteiger partial charge on any atom is -0.490 e. The zero-order valence-corrected chi connectivity index (χ0v) is 13.6. The van der Waals surface area contributed by atoms with Gasteiger partial charge in [0.15, 0.2) is 11.5 Å². The molecule has 1 fully saturated rings. The molecule has 0 atom stereocenters. The summed E-state index contributed by atoms with van der Waals surface area (Å²) in [5, 5.41) is 8.72. The van der Waals surface area contributed by atoms with Gasteiger partial charge in [-0.1, -0.05) is 15.9 Å². The molecule has 4 nitrogen and oxygen atoms in total. The first-order valence-corrected chi connectivity index (χ1v) is 7.93. The highest BCUT2D eigenvalue weighted by Gasteiger charge is 2.19. The third-order valence-electron chi connectivity index (χ3n) is 3.36. The van der Waals surface area contributed by atoms with Crippen molar-refractivity contribution in [3.63, 3.8) is 0 Å².